The minimum atomic E-state index is -0.962. The molecule has 0 saturated carbocycles. The summed E-state index contributed by atoms with van der Waals surface area (Å²) >= 11 is 0. The predicted molar refractivity (Wildman–Crippen MR) is 86.2 cm³/mol. The lowest BCUT2D eigenvalue weighted by Crippen LogP contribution is -2.46. The van der Waals surface area contributed by atoms with Crippen molar-refractivity contribution in [3.8, 4) is 5.69 Å². The molecule has 0 aliphatic carbocycles. The Bertz CT molecular complexity index is 788. The Labute approximate surface area is 143 Å². The van der Waals surface area contributed by atoms with Crippen LogP contribution in [0.4, 0.5) is 4.39 Å². The van der Waals surface area contributed by atoms with Crippen molar-refractivity contribution >= 4 is 11.9 Å². The Morgan fingerprint density at radius 1 is 1.36 bits per heavy atom. The molecule has 2 heterocycles. The van der Waals surface area contributed by atoms with Crippen LogP contribution in [0.3, 0.4) is 0 Å². The van der Waals surface area contributed by atoms with Gasteiger partial charge < -0.3 is 14.7 Å². The molecule has 1 saturated heterocycles. The van der Waals surface area contributed by atoms with Crippen LogP contribution >= 0.6 is 0 Å². The van der Waals surface area contributed by atoms with Crippen LogP contribution < -0.4 is 0 Å². The van der Waals surface area contributed by atoms with Gasteiger partial charge in [0.25, 0.3) is 5.91 Å². The summed E-state index contributed by atoms with van der Waals surface area (Å²) in [6.07, 6.45) is 1.04. The van der Waals surface area contributed by atoms with Crippen LogP contribution in [0.25, 0.3) is 5.69 Å². The fraction of sp³-hybridized carbons (Fsp3) is 0.353. The van der Waals surface area contributed by atoms with Crippen molar-refractivity contribution in [2.45, 2.75) is 19.4 Å². The van der Waals surface area contributed by atoms with Gasteiger partial charge in [0.15, 0.2) is 5.69 Å². The largest absolute Gasteiger partial charge is 0.481 e. The highest BCUT2D eigenvalue weighted by molar-refractivity contribution is 5.93. The van der Waals surface area contributed by atoms with Gasteiger partial charge in [0.1, 0.15) is 5.82 Å². The number of hydrogen-bond acceptors (Lipinski definition) is 4. The number of rotatable bonds is 4. The molecule has 1 aliphatic heterocycles. The lowest BCUT2D eigenvalue weighted by molar-refractivity contribution is -0.141. The summed E-state index contributed by atoms with van der Waals surface area (Å²) in [5, 5.41) is 13.2. The molecular weight excluding hydrogens is 329 g/mol. The van der Waals surface area contributed by atoms with E-state index in [9.17, 15) is 14.0 Å². The van der Waals surface area contributed by atoms with Crippen LogP contribution in [0.1, 0.15) is 22.5 Å². The first-order valence-electron chi connectivity index (χ1n) is 7.89. The van der Waals surface area contributed by atoms with E-state index in [-0.39, 0.29) is 24.7 Å². The minimum Gasteiger partial charge on any atom is -0.481 e. The molecule has 1 atom stereocenters. The second kappa shape index (κ2) is 7.02. The third-order valence-corrected chi connectivity index (χ3v) is 4.02. The van der Waals surface area contributed by atoms with E-state index in [1.807, 2.05) is 0 Å². The quantitative estimate of drug-likeness (QED) is 0.909. The summed E-state index contributed by atoms with van der Waals surface area (Å²) in [7, 11) is 0. The summed E-state index contributed by atoms with van der Waals surface area (Å²) in [6, 6.07) is 5.81. The number of amides is 1. The van der Waals surface area contributed by atoms with Crippen LogP contribution in [0.15, 0.2) is 30.5 Å². The second-order valence-corrected chi connectivity index (χ2v) is 5.92. The smallest absolute Gasteiger partial charge is 0.306 e. The number of aryl methyl sites for hydroxylation is 1. The standard InChI is InChI=1S/C17H18FN3O4/c1-11-9-21(13-4-2-12(18)3-5-13)19-16(11)17(24)20-6-7-25-14(10-20)8-15(22)23/h2-5,9,14H,6-8,10H2,1H3,(H,22,23). The molecule has 1 N–H and O–H groups in total. The number of nitrogens with zero attached hydrogens (tertiary/aromatic N) is 3. The van der Waals surface area contributed by atoms with E-state index in [0.29, 0.717) is 30.1 Å². The molecule has 8 heteroatoms. The van der Waals surface area contributed by atoms with Crippen molar-refractivity contribution in [3.63, 3.8) is 0 Å². The molecule has 1 aromatic heterocycles. The molecule has 2 aromatic rings. The molecular formula is C17H18FN3O4. The van der Waals surface area contributed by atoms with Gasteiger partial charge in [0.2, 0.25) is 0 Å². The average Bonchev–Trinajstić information content (AvgIpc) is 2.96. The van der Waals surface area contributed by atoms with Crippen molar-refractivity contribution in [2.75, 3.05) is 19.7 Å². The molecule has 1 aliphatic rings. The van der Waals surface area contributed by atoms with Gasteiger partial charge >= 0.3 is 5.97 Å². The van der Waals surface area contributed by atoms with E-state index in [1.54, 1.807) is 30.2 Å². The van der Waals surface area contributed by atoms with Crippen LogP contribution in [0.2, 0.25) is 0 Å². The van der Waals surface area contributed by atoms with Gasteiger partial charge in [-0.05, 0) is 31.2 Å². The van der Waals surface area contributed by atoms with E-state index < -0.39 is 12.1 Å². The van der Waals surface area contributed by atoms with Crippen molar-refractivity contribution in [1.29, 1.82) is 0 Å². The highest BCUT2D eigenvalue weighted by atomic mass is 19.1. The number of benzene rings is 1. The van der Waals surface area contributed by atoms with Crippen LogP contribution in [-0.4, -0.2) is 57.5 Å². The summed E-state index contributed by atoms with van der Waals surface area (Å²) < 4.78 is 20.0. The number of carbonyl (C=O) groups is 2. The van der Waals surface area contributed by atoms with E-state index >= 15 is 0 Å². The highest BCUT2D eigenvalue weighted by Gasteiger charge is 2.28. The van der Waals surface area contributed by atoms with Crippen molar-refractivity contribution in [2.24, 2.45) is 0 Å². The van der Waals surface area contributed by atoms with Crippen molar-refractivity contribution in [1.82, 2.24) is 14.7 Å². The first kappa shape index (κ1) is 17.1. The molecule has 1 unspecified atom stereocenters. The molecule has 1 fully saturated rings. The first-order valence-corrected chi connectivity index (χ1v) is 7.89. The Balaban J connectivity index is 1.78. The number of carboxylic acids is 1. The fourth-order valence-electron chi connectivity index (χ4n) is 2.77. The van der Waals surface area contributed by atoms with Crippen LogP contribution in [-0.2, 0) is 9.53 Å². The SMILES string of the molecule is Cc1cn(-c2ccc(F)cc2)nc1C(=O)N1CCOC(CC(=O)O)C1. The molecule has 1 aromatic carbocycles. The van der Waals surface area contributed by atoms with E-state index in [2.05, 4.69) is 5.10 Å². The Morgan fingerprint density at radius 2 is 2.08 bits per heavy atom. The van der Waals surface area contributed by atoms with Gasteiger partial charge in [-0.3, -0.25) is 9.59 Å². The summed E-state index contributed by atoms with van der Waals surface area (Å²) in [5.41, 5.74) is 1.63. The van der Waals surface area contributed by atoms with Gasteiger partial charge in [0, 0.05) is 24.8 Å². The summed E-state index contributed by atoms with van der Waals surface area (Å²) in [5.74, 6) is -1.57. The molecule has 3 rings (SSSR count). The average molecular weight is 347 g/mol. The predicted octanol–water partition coefficient (Wildman–Crippen LogP) is 1.64. The number of halogens is 1. The van der Waals surface area contributed by atoms with E-state index in [0.717, 1.165) is 0 Å². The molecule has 132 valence electrons. The minimum absolute atomic E-state index is 0.146. The number of hydrogen-bond donors (Lipinski definition) is 1. The molecule has 25 heavy (non-hydrogen) atoms. The topological polar surface area (TPSA) is 84.7 Å². The molecule has 1 amide bonds. The van der Waals surface area contributed by atoms with Gasteiger partial charge in [-0.1, -0.05) is 0 Å². The number of carbonyl (C=O) groups excluding carboxylic acids is 1. The summed E-state index contributed by atoms with van der Waals surface area (Å²) in [6.45, 7) is 2.67. The van der Waals surface area contributed by atoms with Crippen LogP contribution in [0.5, 0.6) is 0 Å². The third-order valence-electron chi connectivity index (χ3n) is 4.02. The van der Waals surface area contributed by atoms with E-state index in [4.69, 9.17) is 9.84 Å². The van der Waals surface area contributed by atoms with Crippen LogP contribution in [0, 0.1) is 12.7 Å². The molecule has 0 bridgehead atoms. The normalized spacial score (nSPS) is 17.5. The Kier molecular flexibility index (Phi) is 4.80. The molecule has 7 nitrogen and oxygen atoms in total. The van der Waals surface area contributed by atoms with Gasteiger partial charge in [-0.25, -0.2) is 9.07 Å². The third kappa shape index (κ3) is 3.85. The molecule has 0 spiro atoms. The Hall–Kier alpha value is -2.74. The zero-order chi connectivity index (χ0) is 18.0. The van der Waals surface area contributed by atoms with Gasteiger partial charge in [0.05, 0.1) is 24.8 Å². The lowest BCUT2D eigenvalue weighted by Gasteiger charge is -2.32. The number of carboxylic acid groups (broad SMARTS) is 1. The number of morpholine rings is 1. The maximum atomic E-state index is 13.0. The number of aliphatic carboxylic acids is 1. The van der Waals surface area contributed by atoms with Gasteiger partial charge in [-0.15, -0.1) is 0 Å². The first-order chi connectivity index (χ1) is 11.9. The Morgan fingerprint density at radius 3 is 2.76 bits per heavy atom. The zero-order valence-electron chi connectivity index (χ0n) is 13.7. The lowest BCUT2D eigenvalue weighted by atomic mass is 10.2. The van der Waals surface area contributed by atoms with E-state index in [1.165, 1.54) is 16.8 Å². The second-order valence-electron chi connectivity index (χ2n) is 5.92. The zero-order valence-corrected chi connectivity index (χ0v) is 13.7. The monoisotopic (exact) mass is 347 g/mol. The highest BCUT2D eigenvalue weighted by Crippen LogP contribution is 2.17. The fourth-order valence-corrected chi connectivity index (χ4v) is 2.77. The number of ether oxygens (including phenoxy) is 1. The van der Waals surface area contributed by atoms with Crippen molar-refractivity contribution in [3.05, 3.63) is 47.5 Å². The molecule has 0 radical (unpaired) electrons. The van der Waals surface area contributed by atoms with Gasteiger partial charge in [-0.2, -0.15) is 5.10 Å². The maximum absolute atomic E-state index is 13.0. The van der Waals surface area contributed by atoms with Crippen molar-refractivity contribution < 1.29 is 23.8 Å². The maximum Gasteiger partial charge on any atom is 0.306 e. The summed E-state index contributed by atoms with van der Waals surface area (Å²) in [4.78, 5) is 25.1. The number of aromatic nitrogens is 2.